The fraction of sp³-hybridized carbons (Fsp3) is 0.385. The second-order valence-corrected chi connectivity index (χ2v) is 14.7. The molecule has 48 heavy (non-hydrogen) atoms. The van der Waals surface area contributed by atoms with Gasteiger partial charge >= 0.3 is 5.97 Å². The maximum atomic E-state index is 14.0. The molecule has 0 radical (unpaired) electrons. The average molecular weight is 664 g/mol. The molecule has 248 valence electrons. The van der Waals surface area contributed by atoms with Crippen molar-refractivity contribution in [1.82, 2.24) is 10.3 Å². The summed E-state index contributed by atoms with van der Waals surface area (Å²) in [5, 5.41) is 12.7. The van der Waals surface area contributed by atoms with E-state index in [1.54, 1.807) is 6.07 Å². The molecule has 8 nitrogen and oxygen atoms in total. The van der Waals surface area contributed by atoms with Gasteiger partial charge < -0.3 is 20.1 Å². The van der Waals surface area contributed by atoms with Gasteiger partial charge in [-0.15, -0.1) is 11.3 Å². The normalized spacial score (nSPS) is 21.9. The zero-order chi connectivity index (χ0) is 33.4. The Morgan fingerprint density at radius 1 is 1.08 bits per heavy atom. The number of rotatable bonds is 6. The van der Waals surface area contributed by atoms with Crippen molar-refractivity contribution in [3.63, 3.8) is 0 Å². The lowest BCUT2D eigenvalue weighted by Crippen LogP contribution is -2.37. The molecule has 1 saturated heterocycles. The molecular formula is C39H41N3O5S. The summed E-state index contributed by atoms with van der Waals surface area (Å²) >= 11 is 1.26. The third kappa shape index (κ3) is 6.29. The van der Waals surface area contributed by atoms with Gasteiger partial charge in [-0.3, -0.25) is 14.6 Å². The number of ether oxygens (including phenoxy) is 1. The summed E-state index contributed by atoms with van der Waals surface area (Å²) in [5.41, 5.74) is 7.30. The Hall–Kier alpha value is -4.34. The topological polar surface area (TPSA) is 109 Å². The van der Waals surface area contributed by atoms with Gasteiger partial charge in [-0.25, -0.2) is 4.79 Å². The standard InChI is InChI=1S/C39H41N3O5S/c1-24-21-31(35(40-23-24)27-13-15-39(22-27)16-19-47-20-17-39)36(43)41-28-9-7-26(8-10-28)37(44)42-18-14-30(33-11-12-34(48-33)38(45)46)25(2)29-5-3-4-6-32(29)42/h3-9,11-12,21,23,27-28H,10,13-20,22H2,1-2H3,(H,41,43)(H,45,46). The van der Waals surface area contributed by atoms with Gasteiger partial charge in [-0.2, -0.15) is 0 Å². The summed E-state index contributed by atoms with van der Waals surface area (Å²) in [4.78, 5) is 47.1. The summed E-state index contributed by atoms with van der Waals surface area (Å²) in [5.74, 6) is -0.885. The highest BCUT2D eigenvalue weighted by Crippen LogP contribution is 2.52. The summed E-state index contributed by atoms with van der Waals surface area (Å²) in [7, 11) is 0. The zero-order valence-corrected chi connectivity index (χ0v) is 28.3. The number of para-hydroxylation sites is 1. The van der Waals surface area contributed by atoms with Gasteiger partial charge in [-0.1, -0.05) is 36.4 Å². The maximum Gasteiger partial charge on any atom is 0.345 e. The number of carboxylic acid groups (broad SMARTS) is 1. The van der Waals surface area contributed by atoms with Crippen molar-refractivity contribution in [2.45, 2.75) is 70.8 Å². The van der Waals surface area contributed by atoms with Crippen LogP contribution in [0.5, 0.6) is 0 Å². The lowest BCUT2D eigenvalue weighted by atomic mass is 9.77. The minimum atomic E-state index is -0.936. The minimum absolute atomic E-state index is 0.0941. The van der Waals surface area contributed by atoms with E-state index < -0.39 is 5.97 Å². The summed E-state index contributed by atoms with van der Waals surface area (Å²) in [6, 6.07) is 13.1. The maximum absolute atomic E-state index is 14.0. The fourth-order valence-electron chi connectivity index (χ4n) is 7.93. The molecule has 2 amide bonds. The number of hydrogen-bond donors (Lipinski definition) is 2. The first-order valence-electron chi connectivity index (χ1n) is 16.9. The van der Waals surface area contributed by atoms with Crippen LogP contribution in [0.4, 0.5) is 5.69 Å². The fourth-order valence-corrected chi connectivity index (χ4v) is 8.90. The first kappa shape index (κ1) is 32.2. The van der Waals surface area contributed by atoms with Crippen LogP contribution in [-0.4, -0.2) is 53.7 Å². The van der Waals surface area contributed by atoms with Gasteiger partial charge in [0.15, 0.2) is 0 Å². The van der Waals surface area contributed by atoms with Crippen LogP contribution in [0.2, 0.25) is 0 Å². The molecule has 2 aromatic heterocycles. The molecule has 7 rings (SSSR count). The SMILES string of the molecule is CC1=C(c2ccc(C(=O)O)s2)CCN(C(=O)C2=CCC(NC(=O)c3cc(C)cnc3C3CCC4(CCOCC4)C3)C=C2)c2ccccc21. The molecule has 9 heteroatoms. The molecular weight excluding hydrogens is 623 g/mol. The van der Waals surface area contributed by atoms with Crippen LogP contribution in [0.25, 0.3) is 11.1 Å². The molecule has 2 aliphatic heterocycles. The van der Waals surface area contributed by atoms with E-state index in [-0.39, 0.29) is 23.8 Å². The van der Waals surface area contributed by atoms with Crippen LogP contribution < -0.4 is 10.2 Å². The summed E-state index contributed by atoms with van der Waals surface area (Å²) in [6.45, 7) is 6.12. The predicted molar refractivity (Wildman–Crippen MR) is 188 cm³/mol. The Morgan fingerprint density at radius 3 is 2.65 bits per heavy atom. The van der Waals surface area contributed by atoms with Gasteiger partial charge in [-0.05, 0) is 105 Å². The second kappa shape index (κ2) is 13.3. The molecule has 1 aromatic carbocycles. The van der Waals surface area contributed by atoms with Crippen LogP contribution in [-0.2, 0) is 9.53 Å². The van der Waals surface area contributed by atoms with Gasteiger partial charge in [0.05, 0.1) is 23.0 Å². The first-order chi connectivity index (χ1) is 23.2. The quantitative estimate of drug-likeness (QED) is 0.282. The van der Waals surface area contributed by atoms with E-state index in [4.69, 9.17) is 9.72 Å². The number of amides is 2. The number of fused-ring (bicyclic) bond motifs is 1. The Labute approximate surface area is 285 Å². The number of aryl methyl sites for hydroxylation is 1. The van der Waals surface area contributed by atoms with Crippen molar-refractivity contribution >= 4 is 46.0 Å². The van der Waals surface area contributed by atoms with E-state index in [1.807, 2.05) is 79.6 Å². The minimum Gasteiger partial charge on any atom is -0.477 e. The van der Waals surface area contributed by atoms with Crippen molar-refractivity contribution in [3.05, 3.63) is 105 Å². The second-order valence-electron chi connectivity index (χ2n) is 13.6. The molecule has 0 bridgehead atoms. The lowest BCUT2D eigenvalue weighted by molar-refractivity contribution is -0.114. The number of aromatic carboxylic acids is 1. The predicted octanol–water partition coefficient (Wildman–Crippen LogP) is 7.57. The number of pyridine rings is 1. The van der Waals surface area contributed by atoms with E-state index in [2.05, 4.69) is 5.32 Å². The van der Waals surface area contributed by atoms with Gasteiger partial charge in [0, 0.05) is 47.9 Å². The van der Waals surface area contributed by atoms with Crippen molar-refractivity contribution < 1.29 is 24.2 Å². The molecule has 2 atom stereocenters. The third-order valence-corrected chi connectivity index (χ3v) is 11.7. The van der Waals surface area contributed by atoms with Crippen molar-refractivity contribution in [2.24, 2.45) is 5.41 Å². The molecule has 2 aliphatic carbocycles. The number of aromatic nitrogens is 1. The Morgan fingerprint density at radius 2 is 1.90 bits per heavy atom. The molecule has 1 spiro atoms. The smallest absolute Gasteiger partial charge is 0.345 e. The number of hydrogen-bond acceptors (Lipinski definition) is 6. The molecule has 3 aromatic rings. The highest BCUT2D eigenvalue weighted by Gasteiger charge is 2.42. The number of benzene rings is 1. The molecule has 1 saturated carbocycles. The van der Waals surface area contributed by atoms with E-state index in [1.165, 1.54) is 11.3 Å². The largest absolute Gasteiger partial charge is 0.477 e. The number of carboxylic acids is 1. The number of thiophene rings is 1. The molecule has 2 unspecified atom stereocenters. The number of anilines is 1. The van der Waals surface area contributed by atoms with Crippen molar-refractivity contribution in [3.8, 4) is 0 Å². The van der Waals surface area contributed by atoms with Crippen LogP contribution in [0.1, 0.15) is 99.5 Å². The summed E-state index contributed by atoms with van der Waals surface area (Å²) in [6.07, 6.45) is 14.1. The number of carbonyl (C=O) groups is 3. The van der Waals surface area contributed by atoms with Crippen molar-refractivity contribution in [2.75, 3.05) is 24.7 Å². The Balaban J connectivity index is 1.04. The van der Waals surface area contributed by atoms with E-state index in [0.29, 0.717) is 40.8 Å². The molecule has 4 heterocycles. The Kier molecular flexibility index (Phi) is 8.92. The molecule has 4 aliphatic rings. The first-order valence-corrected chi connectivity index (χ1v) is 17.7. The number of nitrogens with zero attached hydrogens (tertiary/aromatic N) is 2. The number of allylic oxidation sites excluding steroid dienone is 1. The summed E-state index contributed by atoms with van der Waals surface area (Å²) < 4.78 is 5.64. The Bertz CT molecular complexity index is 1860. The van der Waals surface area contributed by atoms with Gasteiger partial charge in [0.2, 0.25) is 0 Å². The van der Waals surface area contributed by atoms with Crippen LogP contribution >= 0.6 is 11.3 Å². The molecule has 2 N–H and O–H groups in total. The van der Waals surface area contributed by atoms with Crippen LogP contribution in [0, 0.1) is 12.3 Å². The van der Waals surface area contributed by atoms with Crippen LogP contribution in [0.3, 0.4) is 0 Å². The highest BCUT2D eigenvalue weighted by molar-refractivity contribution is 7.15. The monoisotopic (exact) mass is 663 g/mol. The van der Waals surface area contributed by atoms with Crippen molar-refractivity contribution in [1.29, 1.82) is 0 Å². The van der Waals surface area contributed by atoms with Crippen LogP contribution in [0.15, 0.2) is 72.5 Å². The number of nitrogens with one attached hydrogen (secondary N) is 1. The van der Waals surface area contributed by atoms with E-state index >= 15 is 0 Å². The van der Waals surface area contributed by atoms with Gasteiger partial charge in [0.1, 0.15) is 4.88 Å². The zero-order valence-electron chi connectivity index (χ0n) is 27.5. The third-order valence-electron chi connectivity index (χ3n) is 10.6. The average Bonchev–Trinajstić information content (AvgIpc) is 3.72. The highest BCUT2D eigenvalue weighted by atomic mass is 32.1. The van der Waals surface area contributed by atoms with Gasteiger partial charge in [0.25, 0.3) is 11.8 Å². The molecule has 2 fully saturated rings. The van der Waals surface area contributed by atoms with E-state index in [0.717, 1.165) is 83.8 Å². The van der Waals surface area contributed by atoms with E-state index in [9.17, 15) is 19.5 Å². The number of carbonyl (C=O) groups excluding carboxylic acids is 2. The lowest BCUT2D eigenvalue weighted by Gasteiger charge is -2.33.